The molecule has 0 aliphatic rings. The number of rotatable bonds is 5. The van der Waals surface area contributed by atoms with Crippen molar-refractivity contribution in [3.63, 3.8) is 0 Å². The average Bonchev–Trinajstić information content (AvgIpc) is 2.76. The molecule has 3 aromatic carbocycles. The molecule has 0 radical (unpaired) electrons. The first-order valence-corrected chi connectivity index (χ1v) is 9.79. The molecule has 0 saturated heterocycles. The van der Waals surface area contributed by atoms with Gasteiger partial charge in [-0.25, -0.2) is 4.98 Å². The van der Waals surface area contributed by atoms with Gasteiger partial charge >= 0.3 is 0 Å². The summed E-state index contributed by atoms with van der Waals surface area (Å²) in [4.78, 5) is 15.4. The molecule has 30 heavy (non-hydrogen) atoms. The molecule has 0 bridgehead atoms. The largest absolute Gasteiger partial charge is 0.545 e. The summed E-state index contributed by atoms with van der Waals surface area (Å²) >= 11 is 6.07. The van der Waals surface area contributed by atoms with E-state index in [1.807, 2.05) is 84.9 Å². The van der Waals surface area contributed by atoms with Gasteiger partial charge in [-0.2, -0.15) is 0 Å². The van der Waals surface area contributed by atoms with Gasteiger partial charge in [-0.1, -0.05) is 78.4 Å². The fourth-order valence-electron chi connectivity index (χ4n) is 3.25. The summed E-state index contributed by atoms with van der Waals surface area (Å²) in [6.45, 7) is 0. The molecular formula is C26H17ClNO2-. The number of carbonyl (C=O) groups is 1. The van der Waals surface area contributed by atoms with Crippen LogP contribution in [0.2, 0.25) is 5.02 Å². The van der Waals surface area contributed by atoms with Crippen LogP contribution < -0.4 is 5.11 Å². The number of aliphatic carboxylic acids is 1. The smallest absolute Gasteiger partial charge is 0.0724 e. The van der Waals surface area contributed by atoms with E-state index < -0.39 is 5.97 Å². The predicted molar refractivity (Wildman–Crippen MR) is 122 cm³/mol. The standard InChI is InChI=1S/C26H18ClNO2/c27-22-12-9-20-10-14-23(28-25(20)17-22)13-8-18-4-3-6-21(16-18)24-7-2-1-5-19(24)11-15-26(29)30/h1-17H,(H,29,30)/p-1/b13-8+,15-11+. The van der Waals surface area contributed by atoms with Gasteiger partial charge in [-0.3, -0.25) is 0 Å². The van der Waals surface area contributed by atoms with Gasteiger partial charge in [0.15, 0.2) is 0 Å². The Morgan fingerprint density at radius 1 is 0.867 bits per heavy atom. The Balaban J connectivity index is 1.64. The second-order valence-electron chi connectivity index (χ2n) is 6.77. The highest BCUT2D eigenvalue weighted by atomic mass is 35.5. The second kappa shape index (κ2) is 8.76. The number of benzene rings is 3. The summed E-state index contributed by atoms with van der Waals surface area (Å²) < 4.78 is 0. The summed E-state index contributed by atoms with van der Waals surface area (Å²) in [6, 6.07) is 25.3. The van der Waals surface area contributed by atoms with Crippen molar-refractivity contribution in [3.05, 3.63) is 107 Å². The number of carbonyl (C=O) groups excluding carboxylic acids is 1. The van der Waals surface area contributed by atoms with Gasteiger partial charge in [-0.15, -0.1) is 0 Å². The van der Waals surface area contributed by atoms with Gasteiger partial charge < -0.3 is 9.90 Å². The van der Waals surface area contributed by atoms with Crippen LogP contribution in [0.25, 0.3) is 40.3 Å². The van der Waals surface area contributed by atoms with E-state index in [9.17, 15) is 9.90 Å². The third-order valence-electron chi connectivity index (χ3n) is 4.68. The van der Waals surface area contributed by atoms with Crippen LogP contribution in [-0.4, -0.2) is 11.0 Å². The zero-order valence-corrected chi connectivity index (χ0v) is 16.7. The number of carboxylic acids is 1. The van der Waals surface area contributed by atoms with Crippen molar-refractivity contribution in [2.24, 2.45) is 0 Å². The number of fused-ring (bicyclic) bond motifs is 1. The predicted octanol–water partition coefficient (Wildman–Crippen LogP) is 5.49. The monoisotopic (exact) mass is 410 g/mol. The van der Waals surface area contributed by atoms with Gasteiger partial charge in [-0.05, 0) is 58.7 Å². The van der Waals surface area contributed by atoms with Crippen LogP contribution in [0.3, 0.4) is 0 Å². The fraction of sp³-hybridized carbons (Fsp3) is 0. The molecule has 0 fully saturated rings. The van der Waals surface area contributed by atoms with Crippen LogP contribution in [0.5, 0.6) is 0 Å². The topological polar surface area (TPSA) is 53.0 Å². The highest BCUT2D eigenvalue weighted by Gasteiger charge is 2.03. The Kier molecular flexibility index (Phi) is 5.73. The van der Waals surface area contributed by atoms with Crippen LogP contribution in [0, 0.1) is 0 Å². The number of carboxylic acid groups (broad SMARTS) is 1. The van der Waals surface area contributed by atoms with E-state index in [1.165, 1.54) is 0 Å². The molecule has 146 valence electrons. The molecule has 4 aromatic rings. The van der Waals surface area contributed by atoms with Crippen LogP contribution in [0.4, 0.5) is 0 Å². The SMILES string of the molecule is O=C([O-])/C=C/c1ccccc1-c1cccc(/C=C/c2ccc3ccc(Cl)cc3n2)c1. The fourth-order valence-corrected chi connectivity index (χ4v) is 3.42. The summed E-state index contributed by atoms with van der Waals surface area (Å²) in [5, 5.41) is 12.5. The minimum Gasteiger partial charge on any atom is -0.545 e. The average molecular weight is 411 g/mol. The lowest BCUT2D eigenvalue weighted by Crippen LogP contribution is -2.18. The zero-order chi connectivity index (χ0) is 20.9. The summed E-state index contributed by atoms with van der Waals surface area (Å²) in [5.41, 5.74) is 5.47. The Bertz CT molecular complexity index is 1290. The van der Waals surface area contributed by atoms with Crippen molar-refractivity contribution in [1.29, 1.82) is 0 Å². The highest BCUT2D eigenvalue weighted by Crippen LogP contribution is 2.26. The molecular weight excluding hydrogens is 394 g/mol. The molecule has 0 spiro atoms. The quantitative estimate of drug-likeness (QED) is 0.409. The van der Waals surface area contributed by atoms with Crippen molar-refractivity contribution in [3.8, 4) is 11.1 Å². The number of aromatic nitrogens is 1. The molecule has 3 nitrogen and oxygen atoms in total. The Morgan fingerprint density at radius 3 is 2.57 bits per heavy atom. The lowest BCUT2D eigenvalue weighted by molar-refractivity contribution is -0.297. The zero-order valence-electron chi connectivity index (χ0n) is 16.0. The van der Waals surface area contributed by atoms with E-state index in [1.54, 1.807) is 6.08 Å². The van der Waals surface area contributed by atoms with E-state index in [-0.39, 0.29) is 0 Å². The molecule has 0 saturated carbocycles. The van der Waals surface area contributed by atoms with Gasteiger partial charge in [0.2, 0.25) is 0 Å². The van der Waals surface area contributed by atoms with Crippen LogP contribution in [0.15, 0.2) is 84.9 Å². The molecule has 0 amide bonds. The van der Waals surface area contributed by atoms with Crippen LogP contribution >= 0.6 is 11.6 Å². The maximum absolute atomic E-state index is 10.8. The molecule has 0 aliphatic heterocycles. The van der Waals surface area contributed by atoms with Gasteiger partial charge in [0, 0.05) is 10.4 Å². The lowest BCUT2D eigenvalue weighted by atomic mass is 9.97. The van der Waals surface area contributed by atoms with Crippen LogP contribution in [-0.2, 0) is 4.79 Å². The maximum atomic E-state index is 10.8. The summed E-state index contributed by atoms with van der Waals surface area (Å²) in [6.07, 6.45) is 6.56. The van der Waals surface area contributed by atoms with E-state index in [0.717, 1.165) is 44.9 Å². The highest BCUT2D eigenvalue weighted by molar-refractivity contribution is 6.31. The number of nitrogens with zero attached hydrogens (tertiary/aromatic N) is 1. The first kappa shape index (κ1) is 19.6. The molecule has 0 unspecified atom stereocenters. The Labute approximate surface area is 179 Å². The van der Waals surface area contributed by atoms with Gasteiger partial charge in [0.05, 0.1) is 17.2 Å². The third-order valence-corrected chi connectivity index (χ3v) is 4.91. The molecule has 1 heterocycles. The lowest BCUT2D eigenvalue weighted by Gasteiger charge is -2.08. The number of halogens is 1. The van der Waals surface area contributed by atoms with Crippen molar-refractivity contribution < 1.29 is 9.90 Å². The minimum absolute atomic E-state index is 0.662. The third kappa shape index (κ3) is 4.65. The molecule has 0 N–H and O–H groups in total. The number of hydrogen-bond donors (Lipinski definition) is 0. The number of hydrogen-bond acceptors (Lipinski definition) is 3. The van der Waals surface area contributed by atoms with E-state index >= 15 is 0 Å². The normalized spacial score (nSPS) is 11.5. The molecule has 1 aromatic heterocycles. The summed E-state index contributed by atoms with van der Waals surface area (Å²) in [5.74, 6) is -1.22. The van der Waals surface area contributed by atoms with Crippen molar-refractivity contribution in [1.82, 2.24) is 4.98 Å². The maximum Gasteiger partial charge on any atom is 0.0724 e. The number of pyridine rings is 1. The summed E-state index contributed by atoms with van der Waals surface area (Å²) in [7, 11) is 0. The molecule has 4 heteroatoms. The van der Waals surface area contributed by atoms with E-state index in [4.69, 9.17) is 11.6 Å². The first-order chi connectivity index (χ1) is 14.6. The molecule has 0 aliphatic carbocycles. The molecule has 0 atom stereocenters. The second-order valence-corrected chi connectivity index (χ2v) is 7.21. The first-order valence-electron chi connectivity index (χ1n) is 9.41. The van der Waals surface area contributed by atoms with Gasteiger partial charge in [0.1, 0.15) is 0 Å². The van der Waals surface area contributed by atoms with Gasteiger partial charge in [0.25, 0.3) is 0 Å². The van der Waals surface area contributed by atoms with E-state index in [0.29, 0.717) is 5.02 Å². The molecule has 4 rings (SSSR count). The van der Waals surface area contributed by atoms with E-state index in [2.05, 4.69) is 11.1 Å². The van der Waals surface area contributed by atoms with Crippen molar-refractivity contribution >= 4 is 46.7 Å². The van der Waals surface area contributed by atoms with Crippen molar-refractivity contribution in [2.75, 3.05) is 0 Å². The Hall–Kier alpha value is -3.69. The van der Waals surface area contributed by atoms with Crippen LogP contribution in [0.1, 0.15) is 16.8 Å². The minimum atomic E-state index is -1.22. The Morgan fingerprint density at radius 2 is 1.70 bits per heavy atom. The van der Waals surface area contributed by atoms with Crippen molar-refractivity contribution in [2.45, 2.75) is 0 Å².